The fraction of sp³-hybridized carbons (Fsp3) is 0.0625. The van der Waals surface area contributed by atoms with Crippen molar-refractivity contribution >= 4 is 29.6 Å². The van der Waals surface area contributed by atoms with Crippen molar-refractivity contribution in [2.24, 2.45) is 0 Å². The molecule has 0 saturated heterocycles. The summed E-state index contributed by atoms with van der Waals surface area (Å²) in [6, 6.07) is 44.9. The maximum Gasteiger partial charge on any atom is 0.488 e. The average Bonchev–Trinajstić information content (AvgIpc) is 2.96. The summed E-state index contributed by atoms with van der Waals surface area (Å²) < 4.78 is 0. The Kier molecular flexibility index (Phi) is 8.35. The molecule has 4 heteroatoms. The zero-order valence-electron chi connectivity index (χ0n) is 20.6. The molecule has 0 aliphatic heterocycles. The maximum absolute atomic E-state index is 9.51. The molecule has 5 rings (SSSR count). The lowest BCUT2D eigenvalue weighted by Crippen LogP contribution is -2.29. The lowest BCUT2D eigenvalue weighted by molar-refractivity contribution is 0.426. The molecule has 0 aromatic heterocycles. The molecule has 0 unspecified atom stereocenters. The third-order valence-electron chi connectivity index (χ3n) is 5.91. The van der Waals surface area contributed by atoms with E-state index in [2.05, 4.69) is 77.7 Å². The fourth-order valence-corrected chi connectivity index (χ4v) is 4.11. The van der Waals surface area contributed by atoms with Gasteiger partial charge in [0, 0.05) is 17.1 Å². The van der Waals surface area contributed by atoms with Gasteiger partial charge in [-0.25, -0.2) is 0 Å². The SMILES string of the molecule is CC.OB(O)c1ccc(N(c2ccc(-c3ccccc3)cc2)c2ccc(-c3ccccc3)cc2)cc1. The summed E-state index contributed by atoms with van der Waals surface area (Å²) in [5, 5.41) is 19.0. The Morgan fingerprint density at radius 2 is 0.722 bits per heavy atom. The molecular weight excluding hydrogens is 441 g/mol. The van der Waals surface area contributed by atoms with Crippen LogP contribution in [0.5, 0.6) is 0 Å². The van der Waals surface area contributed by atoms with Gasteiger partial charge in [0.15, 0.2) is 0 Å². The largest absolute Gasteiger partial charge is 0.488 e. The van der Waals surface area contributed by atoms with Gasteiger partial charge in [-0.1, -0.05) is 111 Å². The van der Waals surface area contributed by atoms with Crippen molar-refractivity contribution in [1.29, 1.82) is 0 Å². The first-order chi connectivity index (χ1) is 17.7. The van der Waals surface area contributed by atoms with Crippen molar-refractivity contribution in [3.05, 3.63) is 133 Å². The molecule has 36 heavy (non-hydrogen) atoms. The van der Waals surface area contributed by atoms with Crippen molar-refractivity contribution in [2.45, 2.75) is 13.8 Å². The number of hydrogen-bond donors (Lipinski definition) is 2. The van der Waals surface area contributed by atoms with Crippen molar-refractivity contribution in [3.8, 4) is 22.3 Å². The van der Waals surface area contributed by atoms with Gasteiger partial charge < -0.3 is 14.9 Å². The highest BCUT2D eigenvalue weighted by Gasteiger charge is 2.15. The Morgan fingerprint density at radius 3 is 1.06 bits per heavy atom. The van der Waals surface area contributed by atoms with Crippen LogP contribution in [0.1, 0.15) is 13.8 Å². The molecule has 0 radical (unpaired) electrons. The highest BCUT2D eigenvalue weighted by molar-refractivity contribution is 6.58. The lowest BCUT2D eigenvalue weighted by atomic mass is 9.80. The molecule has 0 aliphatic carbocycles. The predicted octanol–water partition coefficient (Wildman–Crippen LogP) is 7.20. The standard InChI is InChI=1S/C30H24BNO2.C2H6/c33-31(34)27-15-21-30(22-16-27)32(28-17-11-25(12-18-28)23-7-3-1-4-8-23)29-19-13-26(14-20-29)24-9-5-2-6-10-24;1-2/h1-22,33-34H;1-2H3. The molecule has 0 saturated carbocycles. The molecule has 0 aliphatic rings. The molecule has 0 atom stereocenters. The van der Waals surface area contributed by atoms with Crippen LogP contribution < -0.4 is 10.4 Å². The van der Waals surface area contributed by atoms with Gasteiger partial charge in [-0.2, -0.15) is 0 Å². The second-order valence-corrected chi connectivity index (χ2v) is 8.13. The summed E-state index contributed by atoms with van der Waals surface area (Å²) in [5.74, 6) is 0. The summed E-state index contributed by atoms with van der Waals surface area (Å²) in [6.07, 6.45) is 0. The van der Waals surface area contributed by atoms with Crippen LogP contribution in [-0.4, -0.2) is 17.2 Å². The quantitative estimate of drug-likeness (QED) is 0.258. The summed E-state index contributed by atoms with van der Waals surface area (Å²) in [4.78, 5) is 2.16. The van der Waals surface area contributed by atoms with Crippen molar-refractivity contribution in [1.82, 2.24) is 0 Å². The van der Waals surface area contributed by atoms with E-state index in [1.54, 1.807) is 12.1 Å². The van der Waals surface area contributed by atoms with Crippen molar-refractivity contribution < 1.29 is 10.0 Å². The zero-order valence-corrected chi connectivity index (χ0v) is 20.6. The molecule has 2 N–H and O–H groups in total. The minimum atomic E-state index is -1.49. The number of hydrogen-bond acceptors (Lipinski definition) is 3. The molecule has 0 amide bonds. The van der Waals surface area contributed by atoms with Crippen LogP contribution >= 0.6 is 0 Å². The topological polar surface area (TPSA) is 43.7 Å². The summed E-state index contributed by atoms with van der Waals surface area (Å²) >= 11 is 0. The highest BCUT2D eigenvalue weighted by atomic mass is 16.4. The number of rotatable bonds is 6. The molecule has 5 aromatic carbocycles. The first-order valence-electron chi connectivity index (χ1n) is 12.3. The smallest absolute Gasteiger partial charge is 0.423 e. The first kappa shape index (κ1) is 25.0. The minimum Gasteiger partial charge on any atom is -0.423 e. The van der Waals surface area contributed by atoms with Gasteiger partial charge in [0.2, 0.25) is 0 Å². The Morgan fingerprint density at radius 1 is 0.417 bits per heavy atom. The number of nitrogens with zero attached hydrogens (tertiary/aromatic N) is 1. The second kappa shape index (κ2) is 12.0. The van der Waals surface area contributed by atoms with E-state index in [1.807, 2.05) is 62.4 Å². The van der Waals surface area contributed by atoms with Crippen LogP contribution in [-0.2, 0) is 0 Å². The van der Waals surface area contributed by atoms with Gasteiger partial charge in [-0.15, -0.1) is 0 Å². The molecule has 0 fully saturated rings. The number of benzene rings is 5. The van der Waals surface area contributed by atoms with E-state index in [0.29, 0.717) is 5.46 Å². The van der Waals surface area contributed by atoms with Crippen LogP contribution in [0.4, 0.5) is 17.1 Å². The predicted molar refractivity (Wildman–Crippen MR) is 153 cm³/mol. The summed E-state index contributed by atoms with van der Waals surface area (Å²) in [6.45, 7) is 4.00. The van der Waals surface area contributed by atoms with E-state index >= 15 is 0 Å². The highest BCUT2D eigenvalue weighted by Crippen LogP contribution is 2.36. The van der Waals surface area contributed by atoms with Crippen LogP contribution in [0, 0.1) is 0 Å². The molecule has 0 heterocycles. The van der Waals surface area contributed by atoms with Gasteiger partial charge >= 0.3 is 7.12 Å². The van der Waals surface area contributed by atoms with Gasteiger partial charge in [-0.05, 0) is 64.1 Å². The van der Waals surface area contributed by atoms with Gasteiger partial charge in [0.25, 0.3) is 0 Å². The van der Waals surface area contributed by atoms with E-state index in [9.17, 15) is 10.0 Å². The molecule has 0 bridgehead atoms. The Balaban J connectivity index is 0.00000148. The Bertz CT molecular complexity index is 1250. The van der Waals surface area contributed by atoms with Crippen molar-refractivity contribution in [2.75, 3.05) is 4.90 Å². The van der Waals surface area contributed by atoms with E-state index < -0.39 is 7.12 Å². The monoisotopic (exact) mass is 471 g/mol. The summed E-state index contributed by atoms with van der Waals surface area (Å²) in [7, 11) is -1.49. The molecule has 3 nitrogen and oxygen atoms in total. The number of anilines is 3. The van der Waals surface area contributed by atoms with Crippen LogP contribution in [0.25, 0.3) is 22.3 Å². The third kappa shape index (κ3) is 5.74. The van der Waals surface area contributed by atoms with Gasteiger partial charge in [-0.3, -0.25) is 0 Å². The molecule has 5 aromatic rings. The Hall–Kier alpha value is -4.12. The van der Waals surface area contributed by atoms with Gasteiger partial charge in [0.05, 0.1) is 0 Å². The van der Waals surface area contributed by atoms with E-state index in [-0.39, 0.29) is 0 Å². The van der Waals surface area contributed by atoms with E-state index in [0.717, 1.165) is 28.2 Å². The molecular formula is C32H30BNO2. The second-order valence-electron chi connectivity index (χ2n) is 8.13. The van der Waals surface area contributed by atoms with E-state index in [1.165, 1.54) is 11.1 Å². The molecule has 0 spiro atoms. The third-order valence-corrected chi connectivity index (χ3v) is 5.91. The zero-order chi connectivity index (χ0) is 25.3. The van der Waals surface area contributed by atoms with Crippen molar-refractivity contribution in [3.63, 3.8) is 0 Å². The first-order valence-corrected chi connectivity index (χ1v) is 12.3. The van der Waals surface area contributed by atoms with Crippen LogP contribution in [0.15, 0.2) is 133 Å². The van der Waals surface area contributed by atoms with Gasteiger partial charge in [0.1, 0.15) is 0 Å². The lowest BCUT2D eigenvalue weighted by Gasteiger charge is -2.26. The molecule has 178 valence electrons. The average molecular weight is 471 g/mol. The normalized spacial score (nSPS) is 10.2. The fourth-order valence-electron chi connectivity index (χ4n) is 4.11. The van der Waals surface area contributed by atoms with Crippen LogP contribution in [0.3, 0.4) is 0 Å². The maximum atomic E-state index is 9.51. The van der Waals surface area contributed by atoms with E-state index in [4.69, 9.17) is 0 Å². The van der Waals surface area contributed by atoms with Crippen LogP contribution in [0.2, 0.25) is 0 Å². The minimum absolute atomic E-state index is 0.461. The Labute approximate surface area is 214 Å². The summed E-state index contributed by atoms with van der Waals surface area (Å²) in [5.41, 5.74) is 8.09.